The van der Waals surface area contributed by atoms with Crippen LogP contribution in [0.2, 0.25) is 0 Å². The Hall–Kier alpha value is -2.29. The van der Waals surface area contributed by atoms with Crippen molar-refractivity contribution in [2.75, 3.05) is 49.2 Å². The molecule has 2 aliphatic rings. The average molecular weight is 411 g/mol. The minimum atomic E-state index is -0.0150. The largest absolute Gasteiger partial charge is 0.378 e. The molecule has 2 saturated heterocycles. The third-order valence-electron chi connectivity index (χ3n) is 5.98. The molecule has 2 N–H and O–H groups in total. The van der Waals surface area contributed by atoms with Gasteiger partial charge in [-0.15, -0.1) is 11.3 Å². The monoisotopic (exact) mass is 410 g/mol. The van der Waals surface area contributed by atoms with E-state index in [1.807, 2.05) is 11.6 Å². The summed E-state index contributed by atoms with van der Waals surface area (Å²) in [6, 6.07) is 6.51. The second kappa shape index (κ2) is 8.22. The summed E-state index contributed by atoms with van der Waals surface area (Å²) in [5.74, 6) is 1.40. The van der Waals surface area contributed by atoms with Gasteiger partial charge in [0.05, 0.1) is 24.8 Å². The van der Waals surface area contributed by atoms with E-state index in [9.17, 15) is 0 Å². The highest BCUT2D eigenvalue weighted by molar-refractivity contribution is 7.09. The van der Waals surface area contributed by atoms with Crippen LogP contribution in [0.15, 0.2) is 36.1 Å². The number of thiazole rings is 1. The van der Waals surface area contributed by atoms with Crippen molar-refractivity contribution >= 4 is 33.7 Å². The topological polar surface area (TPSA) is 80.4 Å². The summed E-state index contributed by atoms with van der Waals surface area (Å²) < 4.78 is 5.48. The molecule has 3 aromatic rings. The molecular weight excluding hydrogens is 384 g/mol. The lowest BCUT2D eigenvalue weighted by molar-refractivity contribution is 0.122. The quantitative estimate of drug-likeness (QED) is 0.708. The molecule has 2 unspecified atom stereocenters. The van der Waals surface area contributed by atoms with Crippen LogP contribution in [0.5, 0.6) is 0 Å². The molecule has 0 radical (unpaired) electrons. The smallest absolute Gasteiger partial charge is 0.139 e. The van der Waals surface area contributed by atoms with Crippen LogP contribution in [0.1, 0.15) is 23.9 Å². The number of benzene rings is 1. The van der Waals surface area contributed by atoms with E-state index in [0.29, 0.717) is 5.92 Å². The molecule has 2 aliphatic heterocycles. The summed E-state index contributed by atoms with van der Waals surface area (Å²) in [7, 11) is 0. The standard InChI is InChI=1S/C21H26N6OS/c22-19(21-23-5-11-29-21)15-2-1-6-27(13-15)20-17-4-3-16(12-18(17)24-14-25-20)26-7-9-28-10-8-26/h3-5,11-12,14-15,19H,1-2,6-10,13,22H2. The molecule has 152 valence electrons. The van der Waals surface area contributed by atoms with Crippen molar-refractivity contribution in [2.24, 2.45) is 11.7 Å². The molecular formula is C21H26N6OS. The van der Waals surface area contributed by atoms with Gasteiger partial charge in [0.25, 0.3) is 0 Å². The van der Waals surface area contributed by atoms with Crippen LogP contribution in [0.3, 0.4) is 0 Å². The lowest BCUT2D eigenvalue weighted by Crippen LogP contribution is -2.40. The van der Waals surface area contributed by atoms with Crippen molar-refractivity contribution in [1.82, 2.24) is 15.0 Å². The fourth-order valence-electron chi connectivity index (χ4n) is 4.40. The van der Waals surface area contributed by atoms with Gasteiger partial charge in [-0.25, -0.2) is 15.0 Å². The van der Waals surface area contributed by atoms with Gasteiger partial charge in [-0.1, -0.05) is 0 Å². The molecule has 7 nitrogen and oxygen atoms in total. The second-order valence-electron chi connectivity index (χ2n) is 7.74. The number of ether oxygens (including phenoxy) is 1. The molecule has 5 rings (SSSR count). The Morgan fingerprint density at radius 3 is 2.83 bits per heavy atom. The van der Waals surface area contributed by atoms with Gasteiger partial charge in [0.1, 0.15) is 17.2 Å². The van der Waals surface area contributed by atoms with Gasteiger partial charge < -0.3 is 20.3 Å². The van der Waals surface area contributed by atoms with Crippen molar-refractivity contribution < 1.29 is 4.74 Å². The van der Waals surface area contributed by atoms with Crippen molar-refractivity contribution in [2.45, 2.75) is 18.9 Å². The van der Waals surface area contributed by atoms with Crippen molar-refractivity contribution in [3.8, 4) is 0 Å². The molecule has 29 heavy (non-hydrogen) atoms. The summed E-state index contributed by atoms with van der Waals surface area (Å²) in [6.07, 6.45) is 5.76. The predicted molar refractivity (Wildman–Crippen MR) is 117 cm³/mol. The summed E-state index contributed by atoms with van der Waals surface area (Å²) in [4.78, 5) is 18.4. The molecule has 0 amide bonds. The highest BCUT2D eigenvalue weighted by atomic mass is 32.1. The summed E-state index contributed by atoms with van der Waals surface area (Å²) in [5.41, 5.74) is 8.74. The highest BCUT2D eigenvalue weighted by Gasteiger charge is 2.28. The first-order chi connectivity index (χ1) is 14.3. The molecule has 0 spiro atoms. The van der Waals surface area contributed by atoms with E-state index in [-0.39, 0.29) is 6.04 Å². The minimum absolute atomic E-state index is 0.0150. The van der Waals surface area contributed by atoms with Gasteiger partial charge in [0, 0.05) is 48.8 Å². The zero-order valence-corrected chi connectivity index (χ0v) is 17.2. The third kappa shape index (κ3) is 3.80. The molecule has 8 heteroatoms. The van der Waals surface area contributed by atoms with Gasteiger partial charge in [-0.3, -0.25) is 0 Å². The molecule has 2 atom stereocenters. The molecule has 0 bridgehead atoms. The molecule has 4 heterocycles. The lowest BCUT2D eigenvalue weighted by Gasteiger charge is -2.36. The van der Waals surface area contributed by atoms with E-state index in [1.165, 1.54) is 5.69 Å². The number of hydrogen-bond donors (Lipinski definition) is 1. The molecule has 0 saturated carbocycles. The number of aromatic nitrogens is 3. The average Bonchev–Trinajstić information content (AvgIpc) is 3.33. The Morgan fingerprint density at radius 1 is 1.10 bits per heavy atom. The van der Waals surface area contributed by atoms with Crippen LogP contribution in [0.4, 0.5) is 11.5 Å². The molecule has 2 fully saturated rings. The Labute approximate surface area is 174 Å². The van der Waals surface area contributed by atoms with Crippen LogP contribution in [0.25, 0.3) is 10.9 Å². The van der Waals surface area contributed by atoms with Crippen LogP contribution in [0, 0.1) is 5.92 Å². The summed E-state index contributed by atoms with van der Waals surface area (Å²) in [5, 5.41) is 4.13. The van der Waals surface area contributed by atoms with Crippen molar-refractivity contribution in [1.29, 1.82) is 0 Å². The number of nitrogens with zero attached hydrogens (tertiary/aromatic N) is 5. The Bertz CT molecular complexity index is 959. The summed E-state index contributed by atoms with van der Waals surface area (Å²) >= 11 is 1.65. The normalized spacial score (nSPS) is 21.5. The van der Waals surface area contributed by atoms with E-state index in [4.69, 9.17) is 10.5 Å². The van der Waals surface area contributed by atoms with Gasteiger partial charge in [0.15, 0.2) is 0 Å². The Kier molecular flexibility index (Phi) is 5.30. The minimum Gasteiger partial charge on any atom is -0.378 e. The van der Waals surface area contributed by atoms with E-state index in [1.54, 1.807) is 17.7 Å². The number of rotatable bonds is 4. The number of fused-ring (bicyclic) bond motifs is 1. The van der Waals surface area contributed by atoms with Crippen LogP contribution < -0.4 is 15.5 Å². The van der Waals surface area contributed by atoms with Gasteiger partial charge >= 0.3 is 0 Å². The zero-order valence-electron chi connectivity index (χ0n) is 16.4. The lowest BCUT2D eigenvalue weighted by atomic mass is 9.91. The third-order valence-corrected chi connectivity index (χ3v) is 6.85. The summed E-state index contributed by atoms with van der Waals surface area (Å²) in [6.45, 7) is 5.30. The first-order valence-electron chi connectivity index (χ1n) is 10.3. The second-order valence-corrected chi connectivity index (χ2v) is 8.67. The molecule has 2 aromatic heterocycles. The van der Waals surface area contributed by atoms with E-state index >= 15 is 0 Å². The van der Waals surface area contributed by atoms with Crippen LogP contribution in [-0.2, 0) is 4.74 Å². The SMILES string of the molecule is NC(c1nccs1)C1CCCN(c2ncnc3cc(N4CCOCC4)ccc23)C1. The van der Waals surface area contributed by atoms with Crippen LogP contribution >= 0.6 is 11.3 Å². The van der Waals surface area contributed by atoms with Crippen molar-refractivity contribution in [3.63, 3.8) is 0 Å². The Balaban J connectivity index is 1.40. The fourth-order valence-corrected chi connectivity index (χ4v) is 5.13. The van der Waals surface area contributed by atoms with E-state index < -0.39 is 0 Å². The van der Waals surface area contributed by atoms with Crippen LogP contribution in [-0.4, -0.2) is 54.3 Å². The van der Waals surface area contributed by atoms with E-state index in [2.05, 4.69) is 43.0 Å². The maximum absolute atomic E-state index is 6.54. The fraction of sp³-hybridized carbons (Fsp3) is 0.476. The van der Waals surface area contributed by atoms with E-state index in [0.717, 1.165) is 74.0 Å². The van der Waals surface area contributed by atoms with Gasteiger partial charge in [-0.05, 0) is 37.0 Å². The number of hydrogen-bond acceptors (Lipinski definition) is 8. The molecule has 0 aliphatic carbocycles. The predicted octanol–water partition coefficient (Wildman–Crippen LogP) is 2.84. The molecule has 1 aromatic carbocycles. The zero-order chi connectivity index (χ0) is 19.6. The highest BCUT2D eigenvalue weighted by Crippen LogP contribution is 2.33. The maximum Gasteiger partial charge on any atom is 0.139 e. The number of anilines is 2. The van der Waals surface area contributed by atoms with Gasteiger partial charge in [-0.2, -0.15) is 0 Å². The first-order valence-corrected chi connectivity index (χ1v) is 11.1. The Morgan fingerprint density at radius 2 is 2.00 bits per heavy atom. The number of morpholine rings is 1. The first kappa shape index (κ1) is 18.7. The maximum atomic E-state index is 6.54. The number of piperidine rings is 1. The number of nitrogens with two attached hydrogens (primary N) is 1. The van der Waals surface area contributed by atoms with Crippen molar-refractivity contribution in [3.05, 3.63) is 41.1 Å². The van der Waals surface area contributed by atoms with Gasteiger partial charge in [0.2, 0.25) is 0 Å².